The van der Waals surface area contributed by atoms with Gasteiger partial charge in [0.2, 0.25) is 0 Å². The first-order chi connectivity index (χ1) is 14.3. The number of aromatic nitrogens is 1. The third-order valence-corrected chi connectivity index (χ3v) is 6.65. The summed E-state index contributed by atoms with van der Waals surface area (Å²) in [6.07, 6.45) is 0. The lowest BCUT2D eigenvalue weighted by atomic mass is 10.2. The number of halogens is 1. The standard InChI is InChI=1S/C20H17FN4O3S2/c1-23(2)7-8-24(20-22-15-5-3-13(21)11-17(15)30-20)19(26)18-10-12-9-14(25(27)28)4-6-16(12)29-18/h3-6,9-11H,7-8H2,1-2H3. The fourth-order valence-electron chi connectivity index (χ4n) is 2.97. The van der Waals surface area contributed by atoms with Crippen LogP contribution in [0, 0.1) is 15.9 Å². The van der Waals surface area contributed by atoms with Crippen LogP contribution in [0.1, 0.15) is 9.67 Å². The summed E-state index contributed by atoms with van der Waals surface area (Å²) in [6.45, 7) is 1.02. The molecule has 0 fully saturated rings. The molecule has 1 amide bonds. The van der Waals surface area contributed by atoms with E-state index in [2.05, 4.69) is 4.98 Å². The number of rotatable bonds is 6. The molecule has 4 aromatic rings. The number of hydrogen-bond acceptors (Lipinski definition) is 7. The molecule has 0 unspecified atom stereocenters. The van der Waals surface area contributed by atoms with E-state index in [1.165, 1.54) is 46.9 Å². The van der Waals surface area contributed by atoms with Crippen molar-refractivity contribution in [3.05, 3.63) is 63.3 Å². The summed E-state index contributed by atoms with van der Waals surface area (Å²) in [5, 5.41) is 12.2. The van der Waals surface area contributed by atoms with E-state index in [0.29, 0.717) is 38.7 Å². The van der Waals surface area contributed by atoms with Crippen LogP contribution in [0.5, 0.6) is 0 Å². The average Bonchev–Trinajstić information content (AvgIpc) is 3.30. The van der Waals surface area contributed by atoms with Gasteiger partial charge in [-0.1, -0.05) is 11.3 Å². The lowest BCUT2D eigenvalue weighted by Crippen LogP contribution is -2.36. The minimum atomic E-state index is -0.456. The number of nitrogens with zero attached hydrogens (tertiary/aromatic N) is 4. The molecule has 0 bridgehead atoms. The van der Waals surface area contributed by atoms with E-state index in [1.807, 2.05) is 19.0 Å². The second-order valence-electron chi connectivity index (χ2n) is 6.96. The van der Waals surface area contributed by atoms with E-state index in [4.69, 9.17) is 0 Å². The first-order valence-electron chi connectivity index (χ1n) is 9.02. The zero-order valence-electron chi connectivity index (χ0n) is 16.2. The van der Waals surface area contributed by atoms with Crippen molar-refractivity contribution in [1.82, 2.24) is 9.88 Å². The Balaban J connectivity index is 1.73. The number of nitro benzene ring substituents is 1. The third kappa shape index (κ3) is 4.02. The average molecular weight is 445 g/mol. The maximum atomic E-state index is 13.6. The predicted octanol–water partition coefficient (Wildman–Crippen LogP) is 4.77. The molecule has 0 aliphatic carbocycles. The summed E-state index contributed by atoms with van der Waals surface area (Å²) in [5.41, 5.74) is 0.614. The van der Waals surface area contributed by atoms with Gasteiger partial charge in [-0.15, -0.1) is 11.3 Å². The monoisotopic (exact) mass is 444 g/mol. The van der Waals surface area contributed by atoms with Crippen molar-refractivity contribution < 1.29 is 14.1 Å². The highest BCUT2D eigenvalue weighted by Gasteiger charge is 2.24. The van der Waals surface area contributed by atoms with E-state index >= 15 is 0 Å². The fourth-order valence-corrected chi connectivity index (χ4v) is 4.98. The molecule has 7 nitrogen and oxygen atoms in total. The van der Waals surface area contributed by atoms with Crippen molar-refractivity contribution in [2.45, 2.75) is 0 Å². The number of thiazole rings is 1. The highest BCUT2D eigenvalue weighted by molar-refractivity contribution is 7.23. The van der Waals surface area contributed by atoms with Gasteiger partial charge < -0.3 is 4.90 Å². The van der Waals surface area contributed by atoms with Crippen LogP contribution in [0.25, 0.3) is 20.3 Å². The summed E-state index contributed by atoms with van der Waals surface area (Å²) in [7, 11) is 3.82. The Morgan fingerprint density at radius 2 is 1.90 bits per heavy atom. The van der Waals surface area contributed by atoms with Gasteiger partial charge in [-0.05, 0) is 44.4 Å². The molecule has 10 heteroatoms. The van der Waals surface area contributed by atoms with Gasteiger partial charge in [0.25, 0.3) is 11.6 Å². The molecule has 4 rings (SSSR count). The van der Waals surface area contributed by atoms with E-state index in [0.717, 1.165) is 4.70 Å². The molecule has 154 valence electrons. The topological polar surface area (TPSA) is 79.6 Å². The van der Waals surface area contributed by atoms with Gasteiger partial charge in [0.15, 0.2) is 5.13 Å². The first-order valence-corrected chi connectivity index (χ1v) is 10.7. The molecule has 0 saturated heterocycles. The van der Waals surface area contributed by atoms with Crippen molar-refractivity contribution in [1.29, 1.82) is 0 Å². The zero-order valence-corrected chi connectivity index (χ0v) is 17.8. The summed E-state index contributed by atoms with van der Waals surface area (Å²) < 4.78 is 15.0. The van der Waals surface area contributed by atoms with Crippen molar-refractivity contribution >= 4 is 59.7 Å². The van der Waals surface area contributed by atoms with E-state index in [9.17, 15) is 19.3 Å². The Hall–Kier alpha value is -2.95. The second-order valence-corrected chi connectivity index (χ2v) is 9.05. The number of thiophene rings is 1. The maximum Gasteiger partial charge on any atom is 0.270 e. The number of likely N-dealkylation sites (N-methyl/N-ethyl adjacent to an activating group) is 1. The summed E-state index contributed by atoms with van der Waals surface area (Å²) in [5.74, 6) is -0.588. The highest BCUT2D eigenvalue weighted by atomic mass is 32.1. The molecule has 0 radical (unpaired) electrons. The number of amides is 1. The van der Waals surface area contributed by atoms with Gasteiger partial charge in [0, 0.05) is 35.3 Å². The molecule has 0 atom stereocenters. The van der Waals surface area contributed by atoms with Crippen LogP contribution < -0.4 is 4.90 Å². The van der Waals surface area contributed by atoms with Crippen LogP contribution >= 0.6 is 22.7 Å². The van der Waals surface area contributed by atoms with E-state index < -0.39 is 4.92 Å². The Labute approximate surface area is 179 Å². The molecule has 30 heavy (non-hydrogen) atoms. The van der Waals surface area contributed by atoms with E-state index in [1.54, 1.807) is 23.1 Å². The van der Waals surface area contributed by atoms with Gasteiger partial charge >= 0.3 is 0 Å². The Bertz CT molecular complexity index is 1270. The largest absolute Gasteiger partial charge is 0.308 e. The third-order valence-electron chi connectivity index (χ3n) is 4.51. The Morgan fingerprint density at radius 1 is 1.10 bits per heavy atom. The van der Waals surface area contributed by atoms with Crippen molar-refractivity contribution in [2.24, 2.45) is 0 Å². The number of carbonyl (C=O) groups is 1. The molecule has 2 heterocycles. The van der Waals surface area contributed by atoms with Crippen LogP contribution in [0.3, 0.4) is 0 Å². The summed E-state index contributed by atoms with van der Waals surface area (Å²) in [6, 6.07) is 10.6. The number of fused-ring (bicyclic) bond motifs is 2. The van der Waals surface area contributed by atoms with Crippen LogP contribution in [-0.4, -0.2) is 47.9 Å². The zero-order chi connectivity index (χ0) is 21.4. The van der Waals surface area contributed by atoms with Crippen LogP contribution in [0.15, 0.2) is 42.5 Å². The van der Waals surface area contributed by atoms with Crippen molar-refractivity contribution in [3.8, 4) is 0 Å². The van der Waals surface area contributed by atoms with Gasteiger partial charge in [-0.2, -0.15) is 0 Å². The van der Waals surface area contributed by atoms with Crippen molar-refractivity contribution in [2.75, 3.05) is 32.1 Å². The number of nitro groups is 1. The molecule has 0 aliphatic rings. The predicted molar refractivity (Wildman–Crippen MR) is 118 cm³/mol. The normalized spacial score (nSPS) is 11.5. The highest BCUT2D eigenvalue weighted by Crippen LogP contribution is 2.33. The molecule has 2 aromatic heterocycles. The smallest absolute Gasteiger partial charge is 0.270 e. The molecule has 2 aromatic carbocycles. The summed E-state index contributed by atoms with van der Waals surface area (Å²) in [4.78, 5) is 32.5. The summed E-state index contributed by atoms with van der Waals surface area (Å²) >= 11 is 2.54. The number of non-ortho nitro benzene ring substituents is 1. The Morgan fingerprint density at radius 3 is 2.63 bits per heavy atom. The number of carbonyl (C=O) groups excluding carboxylic acids is 1. The van der Waals surface area contributed by atoms with Gasteiger partial charge in [-0.3, -0.25) is 19.8 Å². The number of hydrogen-bond donors (Lipinski definition) is 0. The Kier molecular flexibility index (Phi) is 5.46. The quantitative estimate of drug-likeness (QED) is 0.316. The molecule has 0 saturated carbocycles. The van der Waals surface area contributed by atoms with Crippen LogP contribution in [-0.2, 0) is 0 Å². The van der Waals surface area contributed by atoms with E-state index in [-0.39, 0.29) is 17.4 Å². The molecular weight excluding hydrogens is 427 g/mol. The minimum Gasteiger partial charge on any atom is -0.308 e. The number of benzene rings is 2. The van der Waals surface area contributed by atoms with Gasteiger partial charge in [0.05, 0.1) is 20.0 Å². The van der Waals surface area contributed by atoms with Gasteiger partial charge in [0.1, 0.15) is 5.82 Å². The minimum absolute atomic E-state index is 0.0167. The SMILES string of the molecule is CN(C)CCN(C(=O)c1cc2cc([N+](=O)[O-])ccc2s1)c1nc2ccc(F)cc2s1. The van der Waals surface area contributed by atoms with Gasteiger partial charge in [-0.25, -0.2) is 9.37 Å². The first kappa shape index (κ1) is 20.3. The fraction of sp³-hybridized carbons (Fsp3) is 0.200. The van der Waals surface area contributed by atoms with Crippen LogP contribution in [0.2, 0.25) is 0 Å². The molecule has 0 aliphatic heterocycles. The lowest BCUT2D eigenvalue weighted by molar-refractivity contribution is -0.384. The lowest BCUT2D eigenvalue weighted by Gasteiger charge is -2.21. The second kappa shape index (κ2) is 8.05. The molecule has 0 N–H and O–H groups in total. The maximum absolute atomic E-state index is 13.6. The number of anilines is 1. The van der Waals surface area contributed by atoms with Crippen molar-refractivity contribution in [3.63, 3.8) is 0 Å². The molecular formula is C20H17FN4O3S2. The van der Waals surface area contributed by atoms with Crippen LogP contribution in [0.4, 0.5) is 15.2 Å². The molecule has 0 spiro atoms.